The molecule has 4 nitrogen and oxygen atoms in total. The van der Waals surface area contributed by atoms with Crippen LogP contribution in [-0.2, 0) is 13.0 Å². The molecule has 1 aromatic heterocycles. The zero-order valence-corrected chi connectivity index (χ0v) is 17.2. The molecule has 28 heavy (non-hydrogen) atoms. The highest BCUT2D eigenvalue weighted by atomic mass is 16.2. The highest BCUT2D eigenvalue weighted by molar-refractivity contribution is 5.47. The SMILES string of the molecule is C=Cc1ccc(Cn2c(CCCCCCCCCCC)cc(=O)[nH]c2=O)cc1. The minimum absolute atomic E-state index is 0.311. The standard InChI is InChI=1S/C24H34N2O2/c1-3-5-6-7-8-9-10-11-12-13-22-18-23(27)25-24(28)26(22)19-21-16-14-20(4-2)15-17-21/h4,14-18H,2-3,5-13,19H2,1H3,(H,25,27,28). The molecule has 0 atom stereocenters. The third-order valence-corrected chi connectivity index (χ3v) is 5.21. The van der Waals surface area contributed by atoms with Crippen molar-refractivity contribution >= 4 is 6.08 Å². The highest BCUT2D eigenvalue weighted by Crippen LogP contribution is 2.12. The first-order valence-electron chi connectivity index (χ1n) is 10.7. The fraction of sp³-hybridized carbons (Fsp3) is 0.500. The van der Waals surface area contributed by atoms with Gasteiger partial charge in [-0.15, -0.1) is 0 Å². The van der Waals surface area contributed by atoms with Gasteiger partial charge >= 0.3 is 5.69 Å². The van der Waals surface area contributed by atoms with Crippen LogP contribution in [0.3, 0.4) is 0 Å². The van der Waals surface area contributed by atoms with Crippen molar-refractivity contribution < 1.29 is 0 Å². The summed E-state index contributed by atoms with van der Waals surface area (Å²) in [6.45, 7) is 6.47. The van der Waals surface area contributed by atoms with Crippen molar-refractivity contribution in [3.63, 3.8) is 0 Å². The van der Waals surface area contributed by atoms with Crippen molar-refractivity contribution in [3.8, 4) is 0 Å². The van der Waals surface area contributed by atoms with Crippen molar-refractivity contribution in [2.24, 2.45) is 0 Å². The molecule has 2 rings (SSSR count). The van der Waals surface area contributed by atoms with E-state index in [1.807, 2.05) is 24.3 Å². The molecular weight excluding hydrogens is 348 g/mol. The largest absolute Gasteiger partial charge is 0.328 e. The number of benzene rings is 1. The first kappa shape index (κ1) is 21.9. The Morgan fingerprint density at radius 3 is 2.14 bits per heavy atom. The number of hydrogen-bond donors (Lipinski definition) is 1. The Morgan fingerprint density at radius 2 is 1.54 bits per heavy atom. The van der Waals surface area contributed by atoms with E-state index in [0.717, 1.165) is 36.1 Å². The van der Waals surface area contributed by atoms with Gasteiger partial charge in [-0.05, 0) is 24.0 Å². The molecule has 4 heteroatoms. The van der Waals surface area contributed by atoms with Crippen LogP contribution in [0.15, 0.2) is 46.5 Å². The Kier molecular flexibility index (Phi) is 9.53. The third-order valence-electron chi connectivity index (χ3n) is 5.21. The highest BCUT2D eigenvalue weighted by Gasteiger charge is 2.07. The summed E-state index contributed by atoms with van der Waals surface area (Å²) in [4.78, 5) is 26.5. The molecular formula is C24H34N2O2. The van der Waals surface area contributed by atoms with Gasteiger partial charge in [0.2, 0.25) is 0 Å². The smallest absolute Gasteiger partial charge is 0.293 e. The van der Waals surface area contributed by atoms with E-state index >= 15 is 0 Å². The summed E-state index contributed by atoms with van der Waals surface area (Å²) in [5.41, 5.74) is 2.27. The number of H-pyrrole nitrogens is 1. The molecule has 0 fully saturated rings. The van der Waals surface area contributed by atoms with E-state index in [-0.39, 0.29) is 11.2 Å². The number of unbranched alkanes of at least 4 members (excludes halogenated alkanes) is 8. The minimum Gasteiger partial charge on any atom is -0.293 e. The number of aromatic nitrogens is 2. The lowest BCUT2D eigenvalue weighted by molar-refractivity contribution is 0.556. The summed E-state index contributed by atoms with van der Waals surface area (Å²) < 4.78 is 1.69. The monoisotopic (exact) mass is 382 g/mol. The van der Waals surface area contributed by atoms with Crippen LogP contribution in [0.1, 0.15) is 81.5 Å². The fourth-order valence-corrected chi connectivity index (χ4v) is 3.51. The van der Waals surface area contributed by atoms with E-state index in [2.05, 4.69) is 18.5 Å². The molecule has 0 aliphatic carbocycles. The molecule has 0 bridgehead atoms. The molecule has 0 aliphatic rings. The number of nitrogens with one attached hydrogen (secondary N) is 1. The number of aryl methyl sites for hydroxylation is 1. The number of nitrogens with zero attached hydrogens (tertiary/aromatic N) is 1. The van der Waals surface area contributed by atoms with Crippen molar-refractivity contribution in [2.75, 3.05) is 0 Å². The van der Waals surface area contributed by atoms with Crippen LogP contribution in [0.2, 0.25) is 0 Å². The topological polar surface area (TPSA) is 54.9 Å². The number of aromatic amines is 1. The molecule has 1 aromatic carbocycles. The van der Waals surface area contributed by atoms with E-state index in [1.54, 1.807) is 16.7 Å². The Morgan fingerprint density at radius 1 is 0.929 bits per heavy atom. The lowest BCUT2D eigenvalue weighted by Crippen LogP contribution is -2.32. The van der Waals surface area contributed by atoms with Gasteiger partial charge in [-0.3, -0.25) is 14.3 Å². The maximum Gasteiger partial charge on any atom is 0.328 e. The molecule has 0 unspecified atom stereocenters. The molecule has 0 radical (unpaired) electrons. The second-order valence-electron chi connectivity index (χ2n) is 7.54. The van der Waals surface area contributed by atoms with Gasteiger partial charge < -0.3 is 0 Å². The average molecular weight is 383 g/mol. The predicted molar refractivity (Wildman–Crippen MR) is 118 cm³/mol. The number of hydrogen-bond acceptors (Lipinski definition) is 2. The molecule has 152 valence electrons. The second-order valence-corrected chi connectivity index (χ2v) is 7.54. The van der Waals surface area contributed by atoms with Crippen molar-refractivity contribution in [3.05, 3.63) is 74.6 Å². The lowest BCUT2D eigenvalue weighted by Gasteiger charge is -2.12. The van der Waals surface area contributed by atoms with E-state index in [1.165, 1.54) is 44.9 Å². The molecule has 1 N–H and O–H groups in total. The predicted octanol–water partition coefficient (Wildman–Crippen LogP) is 5.30. The molecule has 0 amide bonds. The van der Waals surface area contributed by atoms with Gasteiger partial charge in [0.15, 0.2) is 0 Å². The summed E-state index contributed by atoms with van der Waals surface area (Å²) >= 11 is 0. The first-order chi connectivity index (χ1) is 13.6. The molecule has 1 heterocycles. The quantitative estimate of drug-likeness (QED) is 0.478. The molecule has 0 saturated carbocycles. The van der Waals surface area contributed by atoms with E-state index in [0.29, 0.717) is 6.54 Å². The molecule has 0 aliphatic heterocycles. The Labute approximate surface area is 168 Å². The Balaban J connectivity index is 1.89. The van der Waals surface area contributed by atoms with Crippen LogP contribution < -0.4 is 11.2 Å². The summed E-state index contributed by atoms with van der Waals surface area (Å²) in [6.07, 6.45) is 13.9. The zero-order chi connectivity index (χ0) is 20.2. The van der Waals surface area contributed by atoms with E-state index in [9.17, 15) is 9.59 Å². The van der Waals surface area contributed by atoms with Gasteiger partial charge in [-0.2, -0.15) is 0 Å². The second kappa shape index (κ2) is 12.2. The normalized spacial score (nSPS) is 10.9. The van der Waals surface area contributed by atoms with Gasteiger partial charge in [-0.25, -0.2) is 4.79 Å². The fourth-order valence-electron chi connectivity index (χ4n) is 3.51. The van der Waals surface area contributed by atoms with Crippen LogP contribution in [0, 0.1) is 0 Å². The van der Waals surface area contributed by atoms with Crippen LogP contribution in [-0.4, -0.2) is 9.55 Å². The van der Waals surface area contributed by atoms with Crippen molar-refractivity contribution in [1.29, 1.82) is 0 Å². The van der Waals surface area contributed by atoms with Gasteiger partial charge in [0.05, 0.1) is 6.54 Å². The molecule has 0 saturated heterocycles. The van der Waals surface area contributed by atoms with E-state index < -0.39 is 0 Å². The van der Waals surface area contributed by atoms with Gasteiger partial charge in [-0.1, -0.05) is 95.2 Å². The van der Waals surface area contributed by atoms with Crippen LogP contribution in [0.5, 0.6) is 0 Å². The Hall–Kier alpha value is -2.36. The summed E-state index contributed by atoms with van der Waals surface area (Å²) in [5, 5.41) is 0. The van der Waals surface area contributed by atoms with Gasteiger partial charge in [0.25, 0.3) is 5.56 Å². The van der Waals surface area contributed by atoms with Crippen molar-refractivity contribution in [2.45, 2.75) is 77.7 Å². The Bertz CT molecular complexity index is 831. The van der Waals surface area contributed by atoms with E-state index in [4.69, 9.17) is 0 Å². The van der Waals surface area contributed by atoms with Crippen LogP contribution in [0.4, 0.5) is 0 Å². The molecule has 0 spiro atoms. The molecule has 2 aromatic rings. The maximum atomic E-state index is 12.3. The number of rotatable bonds is 13. The zero-order valence-electron chi connectivity index (χ0n) is 17.2. The van der Waals surface area contributed by atoms with Crippen LogP contribution in [0.25, 0.3) is 6.08 Å². The first-order valence-corrected chi connectivity index (χ1v) is 10.7. The minimum atomic E-state index is -0.328. The summed E-state index contributed by atoms with van der Waals surface area (Å²) in [6, 6.07) is 9.54. The maximum absolute atomic E-state index is 12.3. The van der Waals surface area contributed by atoms with Gasteiger partial charge in [0.1, 0.15) is 0 Å². The average Bonchev–Trinajstić information content (AvgIpc) is 2.69. The van der Waals surface area contributed by atoms with Crippen LogP contribution >= 0.6 is 0 Å². The third kappa shape index (κ3) is 7.34. The summed E-state index contributed by atoms with van der Waals surface area (Å²) in [5.74, 6) is 0. The van der Waals surface area contributed by atoms with Crippen molar-refractivity contribution in [1.82, 2.24) is 9.55 Å². The van der Waals surface area contributed by atoms with Gasteiger partial charge in [0, 0.05) is 11.8 Å². The summed E-state index contributed by atoms with van der Waals surface area (Å²) in [7, 11) is 0. The lowest BCUT2D eigenvalue weighted by atomic mass is 10.1.